The molecule has 0 aromatic heterocycles. The second-order valence-corrected chi connectivity index (χ2v) is 6.37. The molecule has 1 saturated carbocycles. The summed E-state index contributed by atoms with van der Waals surface area (Å²) in [5.41, 5.74) is 0. The maximum Gasteiger partial charge on any atom is 0.170 e. The van der Waals surface area contributed by atoms with Gasteiger partial charge in [-0.05, 0) is 32.4 Å². The number of rotatable bonds is 3. The lowest BCUT2D eigenvalue weighted by molar-refractivity contribution is -0.192. The molecule has 110 valence electrons. The second-order valence-electron chi connectivity index (χ2n) is 6.37. The third-order valence-corrected chi connectivity index (χ3v) is 5.37. The monoisotopic (exact) mass is 268 g/mol. The molecule has 1 aliphatic carbocycles. The van der Waals surface area contributed by atoms with E-state index in [1.807, 2.05) is 0 Å². The van der Waals surface area contributed by atoms with Gasteiger partial charge >= 0.3 is 0 Å². The first-order chi connectivity index (χ1) is 9.26. The molecule has 19 heavy (non-hydrogen) atoms. The quantitative estimate of drug-likeness (QED) is 0.843. The van der Waals surface area contributed by atoms with E-state index in [9.17, 15) is 0 Å². The smallest absolute Gasteiger partial charge is 0.170 e. The van der Waals surface area contributed by atoms with Crippen molar-refractivity contribution in [2.24, 2.45) is 5.92 Å². The van der Waals surface area contributed by atoms with Crippen molar-refractivity contribution in [1.82, 2.24) is 10.2 Å². The van der Waals surface area contributed by atoms with Gasteiger partial charge in [0, 0.05) is 31.5 Å². The first kappa shape index (κ1) is 13.8. The van der Waals surface area contributed by atoms with Crippen LogP contribution in [0.15, 0.2) is 0 Å². The van der Waals surface area contributed by atoms with E-state index in [4.69, 9.17) is 9.47 Å². The van der Waals surface area contributed by atoms with E-state index in [2.05, 4.69) is 24.2 Å². The molecule has 1 N–H and O–H groups in total. The normalized spacial score (nSPS) is 39.2. The molecular formula is C15H28N2O2. The third-order valence-electron chi connectivity index (χ3n) is 5.37. The van der Waals surface area contributed by atoms with Gasteiger partial charge in [-0.15, -0.1) is 0 Å². The van der Waals surface area contributed by atoms with Crippen molar-refractivity contribution >= 4 is 0 Å². The predicted octanol–water partition coefficient (Wildman–Crippen LogP) is 1.60. The molecular weight excluding hydrogens is 240 g/mol. The van der Waals surface area contributed by atoms with Crippen LogP contribution in [0.3, 0.4) is 0 Å². The Labute approximate surface area is 116 Å². The summed E-state index contributed by atoms with van der Waals surface area (Å²) in [7, 11) is 2.10. The van der Waals surface area contributed by atoms with Crippen LogP contribution in [0.5, 0.6) is 0 Å². The van der Waals surface area contributed by atoms with E-state index in [0.29, 0.717) is 12.1 Å². The summed E-state index contributed by atoms with van der Waals surface area (Å²) >= 11 is 0. The lowest BCUT2D eigenvalue weighted by Crippen LogP contribution is -2.56. The first-order valence-corrected chi connectivity index (χ1v) is 7.95. The molecule has 3 rings (SSSR count). The Morgan fingerprint density at radius 1 is 1.26 bits per heavy atom. The zero-order chi connectivity index (χ0) is 13.3. The van der Waals surface area contributed by atoms with Crippen LogP contribution in [0.4, 0.5) is 0 Å². The SMILES string of the molecule is CCC1CCN(C2CC3(CCC2NC)OCCO3)C1. The van der Waals surface area contributed by atoms with Gasteiger partial charge in [0.15, 0.2) is 5.79 Å². The highest BCUT2D eigenvalue weighted by Crippen LogP contribution is 2.39. The fourth-order valence-corrected chi connectivity index (χ4v) is 4.11. The average molecular weight is 268 g/mol. The summed E-state index contributed by atoms with van der Waals surface area (Å²) in [4.78, 5) is 2.68. The van der Waals surface area contributed by atoms with Crippen molar-refractivity contribution in [3.05, 3.63) is 0 Å². The minimum absolute atomic E-state index is 0.262. The van der Waals surface area contributed by atoms with Gasteiger partial charge < -0.3 is 14.8 Å². The fraction of sp³-hybridized carbons (Fsp3) is 1.00. The summed E-state index contributed by atoms with van der Waals surface area (Å²) < 4.78 is 11.9. The van der Waals surface area contributed by atoms with Crippen LogP contribution >= 0.6 is 0 Å². The third kappa shape index (κ3) is 2.68. The van der Waals surface area contributed by atoms with Crippen molar-refractivity contribution in [1.29, 1.82) is 0 Å². The highest BCUT2D eigenvalue weighted by Gasteiger charge is 2.47. The molecule has 0 aromatic carbocycles. The molecule has 3 aliphatic rings. The van der Waals surface area contributed by atoms with Gasteiger partial charge in [0.25, 0.3) is 0 Å². The Morgan fingerprint density at radius 2 is 2.05 bits per heavy atom. The van der Waals surface area contributed by atoms with Crippen LogP contribution < -0.4 is 5.32 Å². The molecule has 4 heteroatoms. The summed E-state index contributed by atoms with van der Waals surface area (Å²) in [5.74, 6) is 0.628. The zero-order valence-corrected chi connectivity index (χ0v) is 12.4. The number of likely N-dealkylation sites (N-methyl/N-ethyl adjacent to an activating group) is 1. The van der Waals surface area contributed by atoms with Crippen LogP contribution in [0.2, 0.25) is 0 Å². The molecule has 0 amide bonds. The fourth-order valence-electron chi connectivity index (χ4n) is 4.11. The van der Waals surface area contributed by atoms with Gasteiger partial charge in [0.2, 0.25) is 0 Å². The van der Waals surface area contributed by atoms with Crippen LogP contribution in [0.1, 0.15) is 39.0 Å². The van der Waals surface area contributed by atoms with Crippen molar-refractivity contribution in [2.75, 3.05) is 33.4 Å². The molecule has 3 fully saturated rings. The van der Waals surface area contributed by atoms with Gasteiger partial charge in [-0.3, -0.25) is 4.90 Å². The maximum atomic E-state index is 5.94. The molecule has 4 nitrogen and oxygen atoms in total. The number of ether oxygens (including phenoxy) is 2. The van der Waals surface area contributed by atoms with E-state index in [1.165, 1.54) is 25.9 Å². The predicted molar refractivity (Wildman–Crippen MR) is 75.1 cm³/mol. The Morgan fingerprint density at radius 3 is 2.68 bits per heavy atom. The van der Waals surface area contributed by atoms with Crippen molar-refractivity contribution < 1.29 is 9.47 Å². The molecule has 2 heterocycles. The van der Waals surface area contributed by atoms with Crippen LogP contribution in [0, 0.1) is 5.92 Å². The highest BCUT2D eigenvalue weighted by molar-refractivity contribution is 4.97. The molecule has 0 radical (unpaired) electrons. The van der Waals surface area contributed by atoms with E-state index in [1.54, 1.807) is 0 Å². The molecule has 2 aliphatic heterocycles. The minimum Gasteiger partial charge on any atom is -0.347 e. The summed E-state index contributed by atoms with van der Waals surface area (Å²) in [6, 6.07) is 1.17. The largest absolute Gasteiger partial charge is 0.347 e. The van der Waals surface area contributed by atoms with Gasteiger partial charge in [0.05, 0.1) is 13.2 Å². The van der Waals surface area contributed by atoms with Gasteiger partial charge in [-0.2, -0.15) is 0 Å². The van der Waals surface area contributed by atoms with Crippen molar-refractivity contribution in [3.63, 3.8) is 0 Å². The topological polar surface area (TPSA) is 33.7 Å². The number of likely N-dealkylation sites (tertiary alicyclic amines) is 1. The maximum absolute atomic E-state index is 5.94. The summed E-state index contributed by atoms with van der Waals surface area (Å²) in [6.07, 6.45) is 5.91. The molecule has 0 aromatic rings. The molecule has 2 saturated heterocycles. The Balaban J connectivity index is 1.69. The Bertz CT molecular complexity index is 305. The number of nitrogens with zero attached hydrogens (tertiary/aromatic N) is 1. The lowest BCUT2D eigenvalue weighted by Gasteiger charge is -2.44. The lowest BCUT2D eigenvalue weighted by atomic mass is 9.84. The molecule has 3 unspecified atom stereocenters. The van der Waals surface area contributed by atoms with Crippen LogP contribution in [0.25, 0.3) is 0 Å². The molecule has 3 atom stereocenters. The number of nitrogens with one attached hydrogen (secondary N) is 1. The minimum atomic E-state index is -0.262. The number of hydrogen-bond donors (Lipinski definition) is 1. The van der Waals surface area contributed by atoms with Crippen LogP contribution in [-0.2, 0) is 9.47 Å². The van der Waals surface area contributed by atoms with Crippen LogP contribution in [-0.4, -0.2) is 56.1 Å². The first-order valence-electron chi connectivity index (χ1n) is 7.95. The van der Waals surface area contributed by atoms with Crippen molar-refractivity contribution in [2.45, 2.75) is 56.9 Å². The summed E-state index contributed by atoms with van der Waals surface area (Å²) in [6.45, 7) is 6.37. The van der Waals surface area contributed by atoms with E-state index >= 15 is 0 Å². The summed E-state index contributed by atoms with van der Waals surface area (Å²) in [5, 5.41) is 3.52. The van der Waals surface area contributed by atoms with E-state index < -0.39 is 0 Å². The van der Waals surface area contributed by atoms with E-state index in [0.717, 1.165) is 38.4 Å². The Kier molecular flexibility index (Phi) is 4.13. The molecule has 1 spiro atoms. The second kappa shape index (κ2) is 5.68. The Hall–Kier alpha value is -0.160. The zero-order valence-electron chi connectivity index (χ0n) is 12.4. The van der Waals surface area contributed by atoms with Gasteiger partial charge in [-0.25, -0.2) is 0 Å². The molecule has 0 bridgehead atoms. The highest BCUT2D eigenvalue weighted by atomic mass is 16.7. The number of hydrogen-bond acceptors (Lipinski definition) is 4. The van der Waals surface area contributed by atoms with E-state index in [-0.39, 0.29) is 5.79 Å². The van der Waals surface area contributed by atoms with Gasteiger partial charge in [0.1, 0.15) is 0 Å². The average Bonchev–Trinajstić information content (AvgIpc) is 3.08. The van der Waals surface area contributed by atoms with Crippen molar-refractivity contribution in [3.8, 4) is 0 Å². The van der Waals surface area contributed by atoms with Gasteiger partial charge in [-0.1, -0.05) is 13.3 Å². The standard InChI is InChI=1S/C15H28N2O2/c1-3-12-5-7-17(11-12)14-10-15(18-8-9-19-15)6-4-13(14)16-2/h12-14,16H,3-11H2,1-2H3.